The van der Waals surface area contributed by atoms with Gasteiger partial charge in [-0.15, -0.1) is 0 Å². The van der Waals surface area contributed by atoms with E-state index in [2.05, 4.69) is 11.9 Å². The molecule has 1 N–H and O–H groups in total. The monoisotopic (exact) mass is 263 g/mol. The van der Waals surface area contributed by atoms with Crippen molar-refractivity contribution in [3.05, 3.63) is 29.8 Å². The van der Waals surface area contributed by atoms with Gasteiger partial charge < -0.3 is 14.7 Å². The van der Waals surface area contributed by atoms with Crippen LogP contribution in [0.2, 0.25) is 0 Å². The topological polar surface area (TPSA) is 32.7 Å². The minimum Gasteiger partial charge on any atom is -0.493 e. The minimum atomic E-state index is -0.478. The van der Waals surface area contributed by atoms with Gasteiger partial charge in [-0.05, 0) is 45.8 Å². The first-order valence-electron chi connectivity index (χ1n) is 7.28. The second-order valence-electron chi connectivity index (χ2n) is 5.48. The van der Waals surface area contributed by atoms with Crippen molar-refractivity contribution in [1.29, 1.82) is 0 Å². The van der Waals surface area contributed by atoms with Crippen LogP contribution in [-0.4, -0.2) is 36.2 Å². The van der Waals surface area contributed by atoms with E-state index in [9.17, 15) is 5.11 Å². The number of aliphatic hydroxyl groups is 1. The maximum absolute atomic E-state index is 9.71. The summed E-state index contributed by atoms with van der Waals surface area (Å²) in [6.45, 7) is 3.70. The summed E-state index contributed by atoms with van der Waals surface area (Å²) < 4.78 is 5.86. The van der Waals surface area contributed by atoms with Gasteiger partial charge in [0.1, 0.15) is 5.75 Å². The Balaban J connectivity index is 1.85. The van der Waals surface area contributed by atoms with Crippen LogP contribution in [0.25, 0.3) is 0 Å². The summed E-state index contributed by atoms with van der Waals surface area (Å²) in [4.78, 5) is 2.44. The fourth-order valence-corrected chi connectivity index (χ4v) is 2.77. The predicted molar refractivity (Wildman–Crippen MR) is 77.5 cm³/mol. The van der Waals surface area contributed by atoms with Crippen molar-refractivity contribution in [2.75, 3.05) is 20.2 Å². The van der Waals surface area contributed by atoms with E-state index >= 15 is 0 Å². The molecule has 0 saturated carbocycles. The van der Waals surface area contributed by atoms with Crippen LogP contribution in [0.15, 0.2) is 24.3 Å². The molecular formula is C16H25NO2. The first-order chi connectivity index (χ1) is 9.18. The summed E-state index contributed by atoms with van der Waals surface area (Å²) >= 11 is 0. The minimum absolute atomic E-state index is 0.478. The van der Waals surface area contributed by atoms with Crippen molar-refractivity contribution < 1.29 is 9.84 Å². The molecule has 3 heteroatoms. The third kappa shape index (κ3) is 3.95. The van der Waals surface area contributed by atoms with E-state index in [1.165, 1.54) is 25.8 Å². The van der Waals surface area contributed by atoms with Gasteiger partial charge in [-0.1, -0.05) is 24.6 Å². The number of piperidine rings is 1. The van der Waals surface area contributed by atoms with Crippen molar-refractivity contribution >= 4 is 0 Å². The highest BCUT2D eigenvalue weighted by Crippen LogP contribution is 2.25. The summed E-state index contributed by atoms with van der Waals surface area (Å²) in [6, 6.07) is 8.39. The Bertz CT molecular complexity index is 392. The Morgan fingerprint density at radius 3 is 2.89 bits per heavy atom. The molecule has 0 bridgehead atoms. The van der Waals surface area contributed by atoms with E-state index in [1.54, 1.807) is 6.92 Å². The van der Waals surface area contributed by atoms with Crippen LogP contribution in [-0.2, 0) is 0 Å². The standard InChI is InChI=1S/C16H25NO2/c1-13(18)15-8-3-4-9-16(15)19-12-10-14-7-5-6-11-17(14)2/h3-4,8-9,13-14,18H,5-7,10-12H2,1-2H3/t13-,14?/m0/s1. The van der Waals surface area contributed by atoms with Gasteiger partial charge in [-0.25, -0.2) is 0 Å². The van der Waals surface area contributed by atoms with E-state index in [-0.39, 0.29) is 0 Å². The average Bonchev–Trinajstić information content (AvgIpc) is 2.41. The van der Waals surface area contributed by atoms with Gasteiger partial charge in [-0.2, -0.15) is 0 Å². The fraction of sp³-hybridized carbons (Fsp3) is 0.625. The molecule has 3 nitrogen and oxygen atoms in total. The summed E-state index contributed by atoms with van der Waals surface area (Å²) in [7, 11) is 2.20. The van der Waals surface area contributed by atoms with Crippen molar-refractivity contribution in [3.63, 3.8) is 0 Å². The van der Waals surface area contributed by atoms with Crippen LogP contribution in [0, 0.1) is 0 Å². The van der Waals surface area contributed by atoms with Crippen molar-refractivity contribution in [3.8, 4) is 5.75 Å². The summed E-state index contributed by atoms with van der Waals surface area (Å²) in [5.41, 5.74) is 0.875. The Morgan fingerprint density at radius 2 is 2.16 bits per heavy atom. The first-order valence-corrected chi connectivity index (χ1v) is 7.28. The number of likely N-dealkylation sites (tertiary alicyclic amines) is 1. The molecule has 1 aromatic rings. The fourth-order valence-electron chi connectivity index (χ4n) is 2.77. The summed E-state index contributed by atoms with van der Waals surface area (Å²) in [5, 5.41) is 9.71. The second-order valence-corrected chi connectivity index (χ2v) is 5.48. The van der Waals surface area contributed by atoms with Crippen LogP contribution < -0.4 is 4.74 Å². The van der Waals surface area contributed by atoms with Crippen LogP contribution >= 0.6 is 0 Å². The zero-order chi connectivity index (χ0) is 13.7. The average molecular weight is 263 g/mol. The highest BCUT2D eigenvalue weighted by molar-refractivity contribution is 5.34. The van der Waals surface area contributed by atoms with Crippen LogP contribution in [0.1, 0.15) is 44.3 Å². The Labute approximate surface area is 116 Å². The van der Waals surface area contributed by atoms with Crippen LogP contribution in [0.5, 0.6) is 5.75 Å². The maximum atomic E-state index is 9.71. The summed E-state index contributed by atoms with van der Waals surface area (Å²) in [5.74, 6) is 0.816. The molecule has 1 aliphatic heterocycles. The quantitative estimate of drug-likeness (QED) is 0.886. The zero-order valence-electron chi connectivity index (χ0n) is 12.0. The molecule has 106 valence electrons. The normalized spacial score (nSPS) is 22.2. The molecule has 1 heterocycles. The van der Waals surface area contributed by atoms with Crippen LogP contribution in [0.4, 0.5) is 0 Å². The van der Waals surface area contributed by atoms with E-state index in [0.29, 0.717) is 6.04 Å². The van der Waals surface area contributed by atoms with Crippen LogP contribution in [0.3, 0.4) is 0 Å². The Hall–Kier alpha value is -1.06. The van der Waals surface area contributed by atoms with E-state index < -0.39 is 6.10 Å². The smallest absolute Gasteiger partial charge is 0.125 e. The van der Waals surface area contributed by atoms with Gasteiger partial charge in [0.25, 0.3) is 0 Å². The molecule has 1 aromatic carbocycles. The predicted octanol–water partition coefficient (Wildman–Crippen LogP) is 2.99. The molecule has 1 aliphatic rings. The molecule has 2 atom stereocenters. The van der Waals surface area contributed by atoms with Crippen molar-refractivity contribution in [2.45, 2.75) is 44.8 Å². The van der Waals surface area contributed by atoms with E-state index in [4.69, 9.17) is 4.74 Å². The third-order valence-electron chi connectivity index (χ3n) is 4.00. The molecule has 0 radical (unpaired) electrons. The maximum Gasteiger partial charge on any atom is 0.125 e. The Morgan fingerprint density at radius 1 is 1.37 bits per heavy atom. The Kier molecular flexibility index (Phi) is 5.23. The number of ether oxygens (including phenoxy) is 1. The molecule has 0 aromatic heterocycles. The van der Waals surface area contributed by atoms with Gasteiger partial charge in [-0.3, -0.25) is 0 Å². The third-order valence-corrected chi connectivity index (χ3v) is 4.00. The van der Waals surface area contributed by atoms with Crippen molar-refractivity contribution in [2.24, 2.45) is 0 Å². The molecule has 1 saturated heterocycles. The number of nitrogens with zero attached hydrogens (tertiary/aromatic N) is 1. The lowest BCUT2D eigenvalue weighted by Crippen LogP contribution is -2.37. The number of aliphatic hydroxyl groups excluding tert-OH is 1. The highest BCUT2D eigenvalue weighted by atomic mass is 16.5. The van der Waals surface area contributed by atoms with Gasteiger partial charge in [0.2, 0.25) is 0 Å². The molecule has 0 aliphatic carbocycles. The largest absolute Gasteiger partial charge is 0.493 e. The lowest BCUT2D eigenvalue weighted by molar-refractivity contribution is 0.149. The van der Waals surface area contributed by atoms with E-state index in [1.807, 2.05) is 24.3 Å². The molecule has 19 heavy (non-hydrogen) atoms. The lowest BCUT2D eigenvalue weighted by atomic mass is 10.0. The van der Waals surface area contributed by atoms with E-state index in [0.717, 1.165) is 24.3 Å². The SMILES string of the molecule is C[C@H](O)c1ccccc1OCCC1CCCCN1C. The first kappa shape index (κ1) is 14.4. The van der Waals surface area contributed by atoms with Gasteiger partial charge in [0, 0.05) is 11.6 Å². The summed E-state index contributed by atoms with van der Waals surface area (Å²) in [6.07, 6.45) is 4.51. The molecule has 0 amide bonds. The molecule has 1 unspecified atom stereocenters. The zero-order valence-corrected chi connectivity index (χ0v) is 12.0. The molecule has 0 spiro atoms. The number of hydrogen-bond acceptors (Lipinski definition) is 3. The van der Waals surface area contributed by atoms with Gasteiger partial charge >= 0.3 is 0 Å². The number of para-hydroxylation sites is 1. The van der Waals surface area contributed by atoms with Gasteiger partial charge in [0.05, 0.1) is 12.7 Å². The second kappa shape index (κ2) is 6.92. The van der Waals surface area contributed by atoms with Crippen molar-refractivity contribution in [1.82, 2.24) is 4.90 Å². The lowest BCUT2D eigenvalue weighted by Gasteiger charge is -2.32. The number of benzene rings is 1. The molecule has 1 fully saturated rings. The molecular weight excluding hydrogens is 238 g/mol. The van der Waals surface area contributed by atoms with Gasteiger partial charge in [0.15, 0.2) is 0 Å². The molecule has 2 rings (SSSR count). The number of hydrogen-bond donors (Lipinski definition) is 1. The highest BCUT2D eigenvalue weighted by Gasteiger charge is 2.18. The number of rotatable bonds is 5.